The molecule has 110 valence electrons. The Morgan fingerprint density at radius 1 is 0.870 bits per heavy atom. The smallest absolute Gasteiger partial charge is 0.151 e. The zero-order valence-electron chi connectivity index (χ0n) is 12.2. The van der Waals surface area contributed by atoms with Crippen LogP contribution in [0.5, 0.6) is 0 Å². The van der Waals surface area contributed by atoms with Crippen molar-refractivity contribution in [3.8, 4) is 0 Å². The van der Waals surface area contributed by atoms with E-state index in [0.717, 1.165) is 33.4 Å². The number of carbonyl (C=O) groups is 1. The van der Waals surface area contributed by atoms with Crippen molar-refractivity contribution < 1.29 is 4.79 Å². The van der Waals surface area contributed by atoms with E-state index < -0.39 is 0 Å². The van der Waals surface area contributed by atoms with Gasteiger partial charge in [0.2, 0.25) is 0 Å². The van der Waals surface area contributed by atoms with Crippen LogP contribution >= 0.6 is 0 Å². The number of benzene rings is 3. The van der Waals surface area contributed by atoms with Crippen molar-refractivity contribution in [2.24, 2.45) is 10.2 Å². The van der Waals surface area contributed by atoms with Gasteiger partial charge in [0.15, 0.2) is 6.29 Å². The molecule has 0 fully saturated rings. The first kappa shape index (κ1) is 13.4. The van der Waals surface area contributed by atoms with Gasteiger partial charge in [-0.25, -0.2) is 0 Å². The third kappa shape index (κ3) is 2.12. The summed E-state index contributed by atoms with van der Waals surface area (Å²) in [4.78, 5) is 11.9. The van der Waals surface area contributed by atoms with Gasteiger partial charge in [0.1, 0.15) is 0 Å². The van der Waals surface area contributed by atoms with Crippen LogP contribution < -0.4 is 5.53 Å². The maximum absolute atomic E-state index is 11.9. The summed E-state index contributed by atoms with van der Waals surface area (Å²) in [6.07, 6.45) is 6.19. The Balaban J connectivity index is 2.20. The minimum absolute atomic E-state index is 0.645. The lowest BCUT2D eigenvalue weighted by Gasteiger charge is -2.14. The second-order valence-electron chi connectivity index (χ2n) is 5.23. The molecule has 1 heterocycles. The van der Waals surface area contributed by atoms with Gasteiger partial charge in [-0.1, -0.05) is 48.5 Å². The number of allylic oxidation sites excluding steroid dienone is 2. The third-order valence-corrected chi connectivity index (χ3v) is 3.99. The Bertz CT molecular complexity index is 1020. The predicted octanol–water partition coefficient (Wildman–Crippen LogP) is 3.65. The van der Waals surface area contributed by atoms with Gasteiger partial charge in [-0.05, 0) is 33.7 Å². The molecule has 3 aromatic rings. The molecule has 4 nitrogen and oxygen atoms in total. The fourth-order valence-corrected chi connectivity index (χ4v) is 3.04. The highest BCUT2D eigenvalue weighted by Gasteiger charge is 2.17. The monoisotopic (exact) mass is 299 g/mol. The molecule has 0 radical (unpaired) electrons. The van der Waals surface area contributed by atoms with Crippen LogP contribution in [0.1, 0.15) is 15.9 Å². The molecule has 0 amide bonds. The number of carbonyl (C=O) groups excluding carboxylic acids is 1. The van der Waals surface area contributed by atoms with Gasteiger partial charge in [0.25, 0.3) is 0 Å². The van der Waals surface area contributed by atoms with Crippen LogP contribution in [0.15, 0.2) is 70.9 Å². The maximum atomic E-state index is 11.9. The van der Waals surface area contributed by atoms with Crippen LogP contribution in [-0.2, 0) is 0 Å². The number of aldehydes is 1. The molecule has 0 aliphatic carbocycles. The zero-order chi connectivity index (χ0) is 15.6. The molecule has 0 saturated heterocycles. The largest absolute Gasteiger partial charge is 0.298 e. The first-order chi connectivity index (χ1) is 11.4. The number of hydrazone groups is 2. The summed E-state index contributed by atoms with van der Waals surface area (Å²) in [7, 11) is 0. The minimum Gasteiger partial charge on any atom is -0.298 e. The average Bonchev–Trinajstić information content (AvgIpc) is 2.89. The number of hydrogen-bond acceptors (Lipinski definition) is 4. The SMILES string of the molecule is O=Cc1c(C2=NNN=CC=C2)c2ccccc2c2ccccc12. The Kier molecular flexibility index (Phi) is 3.20. The normalized spacial score (nSPS) is 13.7. The molecule has 0 aromatic heterocycles. The van der Waals surface area contributed by atoms with Crippen molar-refractivity contribution in [3.63, 3.8) is 0 Å². The molecule has 1 aliphatic heterocycles. The van der Waals surface area contributed by atoms with Gasteiger partial charge in [0, 0.05) is 17.3 Å². The van der Waals surface area contributed by atoms with E-state index in [1.165, 1.54) is 0 Å². The fraction of sp³-hybridized carbons (Fsp3) is 0. The lowest BCUT2D eigenvalue weighted by Crippen LogP contribution is -2.07. The van der Waals surface area contributed by atoms with Crippen LogP contribution in [0.25, 0.3) is 21.5 Å². The molecule has 0 atom stereocenters. The highest BCUT2D eigenvalue weighted by atomic mass is 16.1. The van der Waals surface area contributed by atoms with Crippen LogP contribution in [0.2, 0.25) is 0 Å². The van der Waals surface area contributed by atoms with Crippen molar-refractivity contribution in [1.82, 2.24) is 5.53 Å². The van der Waals surface area contributed by atoms with E-state index >= 15 is 0 Å². The van der Waals surface area contributed by atoms with Gasteiger partial charge in [-0.2, -0.15) is 15.7 Å². The second-order valence-corrected chi connectivity index (χ2v) is 5.23. The summed E-state index contributed by atoms with van der Waals surface area (Å²) in [6.45, 7) is 0. The summed E-state index contributed by atoms with van der Waals surface area (Å²) >= 11 is 0. The third-order valence-electron chi connectivity index (χ3n) is 3.99. The summed E-state index contributed by atoms with van der Waals surface area (Å²) in [5.74, 6) is 0. The van der Waals surface area contributed by atoms with Crippen LogP contribution in [0, 0.1) is 0 Å². The van der Waals surface area contributed by atoms with Crippen molar-refractivity contribution in [2.45, 2.75) is 0 Å². The lowest BCUT2D eigenvalue weighted by atomic mass is 9.89. The number of fused-ring (bicyclic) bond motifs is 3. The molecular formula is C19H13N3O. The van der Waals surface area contributed by atoms with Gasteiger partial charge < -0.3 is 0 Å². The quantitative estimate of drug-likeness (QED) is 0.580. The van der Waals surface area contributed by atoms with Crippen molar-refractivity contribution in [1.29, 1.82) is 0 Å². The number of nitrogens with zero attached hydrogens (tertiary/aromatic N) is 2. The highest BCUT2D eigenvalue weighted by molar-refractivity contribution is 6.27. The van der Waals surface area contributed by atoms with E-state index in [1.54, 1.807) is 12.3 Å². The molecule has 0 unspecified atom stereocenters. The van der Waals surface area contributed by atoms with Gasteiger partial charge >= 0.3 is 0 Å². The van der Waals surface area contributed by atoms with Crippen LogP contribution in [0.3, 0.4) is 0 Å². The number of rotatable bonds is 2. The first-order valence-electron chi connectivity index (χ1n) is 7.31. The Morgan fingerprint density at radius 2 is 1.52 bits per heavy atom. The predicted molar refractivity (Wildman–Crippen MR) is 94.1 cm³/mol. The highest BCUT2D eigenvalue weighted by Crippen LogP contribution is 2.32. The van der Waals surface area contributed by atoms with Gasteiger partial charge in [-0.15, -0.1) is 0 Å². The van der Waals surface area contributed by atoms with Gasteiger partial charge in [-0.3, -0.25) is 4.79 Å². The van der Waals surface area contributed by atoms with E-state index in [0.29, 0.717) is 11.3 Å². The molecule has 4 heteroatoms. The summed E-state index contributed by atoms with van der Waals surface area (Å²) < 4.78 is 0. The topological polar surface area (TPSA) is 53.8 Å². The molecule has 4 rings (SSSR count). The maximum Gasteiger partial charge on any atom is 0.151 e. The molecule has 0 bridgehead atoms. The molecule has 23 heavy (non-hydrogen) atoms. The average molecular weight is 299 g/mol. The Morgan fingerprint density at radius 3 is 2.26 bits per heavy atom. The second kappa shape index (κ2) is 5.50. The molecule has 0 saturated carbocycles. The van der Waals surface area contributed by atoms with E-state index in [-0.39, 0.29) is 0 Å². The summed E-state index contributed by atoms with van der Waals surface area (Å²) in [5, 5.41) is 12.3. The molecule has 1 aliphatic rings. The van der Waals surface area contributed by atoms with Crippen molar-refractivity contribution in [3.05, 3.63) is 71.8 Å². The Hall–Kier alpha value is -3.27. The molecule has 0 spiro atoms. The minimum atomic E-state index is 0.645. The van der Waals surface area contributed by atoms with E-state index in [9.17, 15) is 4.79 Å². The molecule has 1 N–H and O–H groups in total. The van der Waals surface area contributed by atoms with Crippen LogP contribution in [-0.4, -0.2) is 18.2 Å². The Labute approximate surface area is 132 Å². The molecule has 3 aromatic carbocycles. The summed E-state index contributed by atoms with van der Waals surface area (Å²) in [6, 6.07) is 16.0. The zero-order valence-corrected chi connectivity index (χ0v) is 12.2. The van der Waals surface area contributed by atoms with E-state index in [2.05, 4.69) is 21.8 Å². The van der Waals surface area contributed by atoms with Crippen molar-refractivity contribution in [2.75, 3.05) is 0 Å². The van der Waals surface area contributed by atoms with E-state index in [4.69, 9.17) is 0 Å². The number of hydrogen-bond donors (Lipinski definition) is 1. The van der Waals surface area contributed by atoms with Crippen LogP contribution in [0.4, 0.5) is 0 Å². The number of nitrogens with one attached hydrogen (secondary N) is 1. The first-order valence-corrected chi connectivity index (χ1v) is 7.31. The van der Waals surface area contributed by atoms with E-state index in [1.807, 2.05) is 48.5 Å². The molecular weight excluding hydrogens is 286 g/mol. The standard InChI is InChI=1S/C19H13N3O/c23-12-17-15-8-2-1-6-13(15)14-7-3-4-9-16(14)19(17)18-10-5-11-20-22-21-18/h1-12,22H. The fourth-order valence-electron chi connectivity index (χ4n) is 3.04. The van der Waals surface area contributed by atoms with Gasteiger partial charge in [0.05, 0.1) is 5.71 Å². The van der Waals surface area contributed by atoms with Crippen molar-refractivity contribution >= 4 is 39.8 Å². The lowest BCUT2D eigenvalue weighted by molar-refractivity contribution is 0.112. The summed E-state index contributed by atoms with van der Waals surface area (Å²) in [5.41, 5.74) is 4.79.